The molecule has 0 radical (unpaired) electrons. The monoisotopic (exact) mass is 600 g/mol. The van der Waals surface area contributed by atoms with Gasteiger partial charge in [0.25, 0.3) is 0 Å². The molecule has 0 aliphatic carbocycles. The van der Waals surface area contributed by atoms with Gasteiger partial charge in [0.15, 0.2) is 17.4 Å². The average molecular weight is 600 g/mol. The molecule has 42 heavy (non-hydrogen) atoms. The Kier molecular flexibility index (Phi) is 12.6. The van der Waals surface area contributed by atoms with E-state index < -0.39 is 32.6 Å². The minimum Gasteiger partial charge on any atom is -0.507 e. The highest BCUT2D eigenvalue weighted by atomic mass is 32.2. The lowest BCUT2D eigenvalue weighted by molar-refractivity contribution is 0.185. The maximum Gasteiger partial charge on any atom is 0.710 e. The smallest absolute Gasteiger partial charge is 0.507 e. The van der Waals surface area contributed by atoms with E-state index >= 15 is 0 Å². The van der Waals surface area contributed by atoms with Crippen molar-refractivity contribution in [1.29, 1.82) is 0 Å². The van der Waals surface area contributed by atoms with Crippen LogP contribution in [0.3, 0.4) is 0 Å². The summed E-state index contributed by atoms with van der Waals surface area (Å²) in [6, 6.07) is 44.5. The Morgan fingerprint density at radius 2 is 1.12 bits per heavy atom. The van der Waals surface area contributed by atoms with Gasteiger partial charge >= 0.3 is 7.32 Å². The molecule has 0 spiro atoms. The fraction of sp³-hybridized carbons (Fsp3) is 0.118. The van der Waals surface area contributed by atoms with Crippen LogP contribution in [0, 0.1) is 11.6 Å². The van der Waals surface area contributed by atoms with Crippen molar-refractivity contribution in [3.63, 3.8) is 0 Å². The van der Waals surface area contributed by atoms with E-state index in [0.717, 1.165) is 25.0 Å². The molecule has 0 aliphatic rings. The third kappa shape index (κ3) is 9.54. The second-order valence-electron chi connectivity index (χ2n) is 9.12. The Balaban J connectivity index is 0.000000219. The highest BCUT2D eigenvalue weighted by molar-refractivity contribution is 7.99. The Morgan fingerprint density at radius 1 is 0.643 bits per heavy atom. The normalized spacial score (nSPS) is 10.6. The first-order valence-corrected chi connectivity index (χ1v) is 15.8. The summed E-state index contributed by atoms with van der Waals surface area (Å²) in [4.78, 5) is 2.55. The molecule has 5 aromatic rings. The van der Waals surface area contributed by atoms with Gasteiger partial charge in [0.1, 0.15) is 0 Å². The van der Waals surface area contributed by atoms with Crippen molar-refractivity contribution < 1.29 is 23.1 Å². The summed E-state index contributed by atoms with van der Waals surface area (Å²) in [7, 11) is -2.18. The van der Waals surface area contributed by atoms with Crippen molar-refractivity contribution in [3.05, 3.63) is 145 Å². The molecule has 0 aliphatic heterocycles. The lowest BCUT2D eigenvalue weighted by atomic mass is 10.2. The molecular weight excluding hydrogens is 568 g/mol. The molecule has 0 unspecified atom stereocenters. The fourth-order valence-electron chi connectivity index (χ4n) is 3.95. The van der Waals surface area contributed by atoms with Crippen LogP contribution in [0.15, 0.2) is 143 Å². The molecule has 1 N–H and O–H groups in total. The van der Waals surface area contributed by atoms with Crippen LogP contribution in [-0.2, 0) is 4.65 Å². The average Bonchev–Trinajstić information content (AvgIpc) is 3.02. The van der Waals surface area contributed by atoms with Gasteiger partial charge in [0.05, 0.1) is 0 Å². The van der Waals surface area contributed by atoms with Gasteiger partial charge < -0.3 is 14.3 Å². The van der Waals surface area contributed by atoms with E-state index in [4.69, 9.17) is 4.65 Å². The van der Waals surface area contributed by atoms with Crippen molar-refractivity contribution >= 4 is 42.9 Å². The predicted molar refractivity (Wildman–Crippen MR) is 172 cm³/mol. The van der Waals surface area contributed by atoms with Crippen molar-refractivity contribution in [3.8, 4) is 5.75 Å². The van der Waals surface area contributed by atoms with E-state index in [-0.39, 0.29) is 6.61 Å². The van der Waals surface area contributed by atoms with Gasteiger partial charge in [-0.2, -0.15) is 0 Å². The largest absolute Gasteiger partial charge is 0.710 e. The van der Waals surface area contributed by atoms with Crippen LogP contribution in [0.2, 0.25) is 0 Å². The van der Waals surface area contributed by atoms with Crippen LogP contribution in [0.4, 0.5) is 8.78 Å². The molecule has 0 heterocycles. The quantitative estimate of drug-likeness (QED) is 0.0957. The van der Waals surface area contributed by atoms with Crippen molar-refractivity contribution in [2.24, 2.45) is 0 Å². The Bertz CT molecular complexity index is 1420. The summed E-state index contributed by atoms with van der Waals surface area (Å²) in [5.74, 6) is -2.39. The Labute approximate surface area is 252 Å². The second-order valence-corrected chi connectivity index (χ2v) is 12.5. The number of halogens is 2. The van der Waals surface area contributed by atoms with Gasteiger partial charge in [-0.3, -0.25) is 0 Å². The van der Waals surface area contributed by atoms with Crippen LogP contribution in [0.5, 0.6) is 5.75 Å². The van der Waals surface area contributed by atoms with Crippen LogP contribution < -0.4 is 20.6 Å². The SMILES string of the molecule is CCCCOB(O)Oc1c(F)cccc1F.c1ccc(Sc2ccc(P(c3ccccc3)c3ccccc3)cc2)cc1. The highest BCUT2D eigenvalue weighted by Crippen LogP contribution is 2.34. The number of unbranched alkanes of at least 4 members (excludes halogenated alkanes) is 1. The van der Waals surface area contributed by atoms with Gasteiger partial charge in [-0.15, -0.1) is 0 Å². The number of para-hydroxylation sites is 1. The molecule has 214 valence electrons. The number of hydrogen-bond donors (Lipinski definition) is 1. The molecule has 8 heteroatoms. The highest BCUT2D eigenvalue weighted by Gasteiger charge is 2.22. The molecule has 0 saturated carbocycles. The first-order valence-electron chi connectivity index (χ1n) is 13.7. The Morgan fingerprint density at radius 3 is 1.64 bits per heavy atom. The van der Waals surface area contributed by atoms with Crippen molar-refractivity contribution in [2.45, 2.75) is 29.6 Å². The van der Waals surface area contributed by atoms with Gasteiger partial charge in [0, 0.05) is 16.4 Å². The zero-order chi connectivity index (χ0) is 29.6. The fourth-order valence-corrected chi connectivity index (χ4v) is 7.07. The summed E-state index contributed by atoms with van der Waals surface area (Å²) < 4.78 is 35.5. The van der Waals surface area contributed by atoms with Gasteiger partial charge in [-0.05, 0) is 66.7 Å². The van der Waals surface area contributed by atoms with Crippen LogP contribution in [0.1, 0.15) is 19.8 Å². The molecule has 0 saturated heterocycles. The second kappa shape index (κ2) is 16.8. The number of rotatable bonds is 11. The summed E-state index contributed by atoms with van der Waals surface area (Å²) >= 11 is 1.81. The standard InChI is InChI=1S/C24H19PS.C10H13BF2O3/c1-4-10-20(11-5-1)25(21-12-6-2-7-13-21)22-16-18-24(19-17-22)26-23-14-8-3-9-15-23;1-2-3-7-15-11(14)16-10-8(12)5-4-6-9(10)13/h1-19H;4-6,14H,2-3,7H2,1H3. The van der Waals surface area contributed by atoms with Gasteiger partial charge in [0.2, 0.25) is 0 Å². The molecule has 0 amide bonds. The summed E-state index contributed by atoms with van der Waals surface area (Å²) in [6.45, 7) is 2.22. The van der Waals surface area contributed by atoms with Gasteiger partial charge in [-0.1, -0.05) is 122 Å². The molecule has 5 aromatic carbocycles. The minimum atomic E-state index is -1.65. The number of hydrogen-bond acceptors (Lipinski definition) is 4. The van der Waals surface area contributed by atoms with Crippen LogP contribution >= 0.6 is 19.7 Å². The number of benzene rings is 5. The van der Waals surface area contributed by atoms with E-state index in [1.165, 1.54) is 31.8 Å². The molecule has 5 rings (SSSR count). The maximum atomic E-state index is 13.1. The van der Waals surface area contributed by atoms with Crippen LogP contribution in [-0.4, -0.2) is 19.0 Å². The first-order chi connectivity index (χ1) is 20.5. The predicted octanol–water partition coefficient (Wildman–Crippen LogP) is 7.73. The molecule has 0 bridgehead atoms. The van der Waals surface area contributed by atoms with E-state index in [0.29, 0.717) is 0 Å². The summed E-state index contributed by atoms with van der Waals surface area (Å²) in [5, 5.41) is 13.4. The van der Waals surface area contributed by atoms with Crippen molar-refractivity contribution in [2.75, 3.05) is 6.61 Å². The maximum absolute atomic E-state index is 13.1. The van der Waals surface area contributed by atoms with E-state index in [1.807, 2.05) is 6.92 Å². The lowest BCUT2D eigenvalue weighted by Crippen LogP contribution is -2.27. The zero-order valence-electron chi connectivity index (χ0n) is 23.3. The molecule has 0 fully saturated rings. The first kappa shape index (κ1) is 31.5. The lowest BCUT2D eigenvalue weighted by Gasteiger charge is -2.19. The Hall–Kier alpha value is -3.48. The zero-order valence-corrected chi connectivity index (χ0v) is 25.0. The topological polar surface area (TPSA) is 38.7 Å². The third-order valence-corrected chi connectivity index (χ3v) is 9.46. The molecule has 0 atom stereocenters. The molecular formula is C34H32BF2O3PS. The molecule has 3 nitrogen and oxygen atoms in total. The summed E-state index contributed by atoms with van der Waals surface area (Å²) in [6.07, 6.45) is 1.63. The summed E-state index contributed by atoms with van der Waals surface area (Å²) in [5.41, 5.74) is 0. The molecule has 0 aromatic heterocycles. The van der Waals surface area contributed by atoms with Gasteiger partial charge in [-0.25, -0.2) is 8.78 Å². The van der Waals surface area contributed by atoms with Crippen LogP contribution in [0.25, 0.3) is 0 Å². The minimum absolute atomic E-state index is 0.272. The van der Waals surface area contributed by atoms with E-state index in [1.54, 1.807) is 11.8 Å². The van der Waals surface area contributed by atoms with E-state index in [9.17, 15) is 13.8 Å². The van der Waals surface area contributed by atoms with E-state index in [2.05, 4.69) is 120 Å². The third-order valence-electron chi connectivity index (χ3n) is 6.00. The van der Waals surface area contributed by atoms with Crippen molar-refractivity contribution in [1.82, 2.24) is 0 Å².